The molecule has 1 saturated carbocycles. The first kappa shape index (κ1) is 25.5. The van der Waals surface area contributed by atoms with Crippen LogP contribution in [-0.2, 0) is 15.0 Å². The normalized spacial score (nSPS) is 21.5. The van der Waals surface area contributed by atoms with E-state index in [0.29, 0.717) is 25.1 Å². The van der Waals surface area contributed by atoms with Gasteiger partial charge in [-0.1, -0.05) is 12.1 Å². The van der Waals surface area contributed by atoms with Gasteiger partial charge in [0.15, 0.2) is 11.6 Å². The zero-order chi connectivity index (χ0) is 25.4. The van der Waals surface area contributed by atoms with Crippen molar-refractivity contribution in [1.29, 1.82) is 0 Å². The van der Waals surface area contributed by atoms with Crippen LogP contribution in [0, 0.1) is 11.2 Å². The average Bonchev–Trinajstić information content (AvgIpc) is 3.51. The Morgan fingerprint density at radius 3 is 2.56 bits per heavy atom. The SMILES string of the molecule is CO/N=C1/CN(c2nc3c(cc2F)c(=O)c(C(=O)O)cn3C2CC2)C[C@@]1(C)CN.CS(=O)(=O)O. The zero-order valence-corrected chi connectivity index (χ0v) is 19.7. The number of hydrogen-bond donors (Lipinski definition) is 3. The molecular weight excluding hydrogens is 473 g/mol. The van der Waals surface area contributed by atoms with Crippen molar-refractivity contribution in [1.82, 2.24) is 9.55 Å². The number of nitrogens with zero attached hydrogens (tertiary/aromatic N) is 4. The van der Waals surface area contributed by atoms with Crippen molar-refractivity contribution < 1.29 is 32.1 Å². The van der Waals surface area contributed by atoms with Gasteiger partial charge in [0.05, 0.1) is 23.9 Å². The first-order valence-corrected chi connectivity index (χ1v) is 12.1. The molecule has 0 spiro atoms. The fraction of sp³-hybridized carbons (Fsp3) is 0.500. The molecule has 1 atom stereocenters. The molecule has 1 aliphatic heterocycles. The summed E-state index contributed by atoms with van der Waals surface area (Å²) in [6.07, 6.45) is 3.73. The van der Waals surface area contributed by atoms with E-state index in [2.05, 4.69) is 10.1 Å². The lowest BCUT2D eigenvalue weighted by Gasteiger charge is -2.23. The van der Waals surface area contributed by atoms with Gasteiger partial charge in [-0.2, -0.15) is 8.42 Å². The second-order valence-corrected chi connectivity index (χ2v) is 10.0. The highest BCUT2D eigenvalue weighted by Gasteiger charge is 2.41. The number of carbonyl (C=O) groups is 1. The fourth-order valence-corrected chi connectivity index (χ4v) is 3.76. The third-order valence-corrected chi connectivity index (χ3v) is 5.64. The van der Waals surface area contributed by atoms with Crippen molar-refractivity contribution in [3.8, 4) is 0 Å². The topological polar surface area (TPSA) is 177 Å². The first-order chi connectivity index (χ1) is 15.8. The van der Waals surface area contributed by atoms with Crippen molar-refractivity contribution >= 4 is 38.7 Å². The number of hydrogen-bond acceptors (Lipinski definition) is 9. The smallest absolute Gasteiger partial charge is 0.341 e. The zero-order valence-electron chi connectivity index (χ0n) is 18.9. The molecule has 4 N–H and O–H groups in total. The number of carboxylic acids is 1. The van der Waals surface area contributed by atoms with E-state index in [1.807, 2.05) is 6.92 Å². The number of rotatable bonds is 5. The van der Waals surface area contributed by atoms with Crippen molar-refractivity contribution in [2.75, 3.05) is 37.9 Å². The quantitative estimate of drug-likeness (QED) is 0.395. The van der Waals surface area contributed by atoms with Crippen LogP contribution in [0.15, 0.2) is 22.2 Å². The second-order valence-electron chi connectivity index (χ2n) is 8.55. The molecule has 0 amide bonds. The number of anilines is 1. The molecule has 2 aromatic rings. The minimum atomic E-state index is -3.67. The Morgan fingerprint density at radius 1 is 1.44 bits per heavy atom. The lowest BCUT2D eigenvalue weighted by molar-refractivity contribution is 0.0694. The monoisotopic (exact) mass is 499 g/mol. The molecule has 186 valence electrons. The summed E-state index contributed by atoms with van der Waals surface area (Å²) in [6, 6.07) is 1.14. The van der Waals surface area contributed by atoms with E-state index >= 15 is 0 Å². The van der Waals surface area contributed by atoms with E-state index in [4.69, 9.17) is 15.1 Å². The molecule has 1 aliphatic carbocycles. The van der Waals surface area contributed by atoms with Gasteiger partial charge in [0, 0.05) is 30.7 Å². The summed E-state index contributed by atoms with van der Waals surface area (Å²) in [5.74, 6) is -1.96. The highest BCUT2D eigenvalue weighted by molar-refractivity contribution is 7.85. The van der Waals surface area contributed by atoms with Crippen LogP contribution in [0.1, 0.15) is 36.2 Å². The fourth-order valence-electron chi connectivity index (χ4n) is 3.76. The standard InChI is InChI=1S/C19H22FN5O4.CH4O3S/c1-19(8-21)9-24(7-14(19)23-29-2)17-13(20)5-11-15(26)12(18(27)28)6-25(10-3-4-10)16(11)22-17;1-5(2,3)4/h5-6,10H,3-4,7-9,21H2,1-2H3,(H,27,28);1H3,(H,2,3,4)/b23-14-;/t19-;/m1./s1. The van der Waals surface area contributed by atoms with Gasteiger partial charge >= 0.3 is 5.97 Å². The van der Waals surface area contributed by atoms with Gasteiger partial charge < -0.3 is 25.1 Å². The van der Waals surface area contributed by atoms with Crippen LogP contribution < -0.4 is 16.1 Å². The van der Waals surface area contributed by atoms with Gasteiger partial charge in [0.2, 0.25) is 5.43 Å². The maximum atomic E-state index is 15.0. The number of oxime groups is 1. The number of aromatic nitrogens is 2. The van der Waals surface area contributed by atoms with Crippen molar-refractivity contribution in [2.24, 2.45) is 16.3 Å². The molecule has 0 aromatic carbocycles. The number of nitrogens with two attached hydrogens (primary N) is 1. The molecule has 12 nitrogen and oxygen atoms in total. The molecular formula is C20H26FN5O7S. The summed E-state index contributed by atoms with van der Waals surface area (Å²) in [4.78, 5) is 35.1. The highest BCUT2D eigenvalue weighted by Crippen LogP contribution is 2.38. The van der Waals surface area contributed by atoms with E-state index < -0.39 is 32.7 Å². The predicted molar refractivity (Wildman–Crippen MR) is 122 cm³/mol. The summed E-state index contributed by atoms with van der Waals surface area (Å²) in [7, 11) is -2.23. The predicted octanol–water partition coefficient (Wildman–Crippen LogP) is 0.860. The van der Waals surface area contributed by atoms with Crippen LogP contribution in [-0.4, -0.2) is 72.3 Å². The van der Waals surface area contributed by atoms with Gasteiger partial charge in [-0.25, -0.2) is 14.2 Å². The number of halogens is 1. The van der Waals surface area contributed by atoms with E-state index in [1.165, 1.54) is 13.3 Å². The maximum absolute atomic E-state index is 15.0. The average molecular weight is 500 g/mol. The molecule has 3 heterocycles. The van der Waals surface area contributed by atoms with E-state index in [0.717, 1.165) is 18.9 Å². The Bertz CT molecular complexity index is 1310. The summed E-state index contributed by atoms with van der Waals surface area (Å²) in [6.45, 7) is 2.90. The number of pyridine rings is 2. The number of carboxylic acid groups (broad SMARTS) is 1. The van der Waals surface area contributed by atoms with Gasteiger partial charge in [-0.3, -0.25) is 9.35 Å². The number of fused-ring (bicyclic) bond motifs is 1. The lowest BCUT2D eigenvalue weighted by Crippen LogP contribution is -2.36. The van der Waals surface area contributed by atoms with Crippen LogP contribution in [0.2, 0.25) is 0 Å². The third kappa shape index (κ3) is 5.34. The van der Waals surface area contributed by atoms with Crippen LogP contribution in [0.4, 0.5) is 10.2 Å². The minimum absolute atomic E-state index is 0.0374. The van der Waals surface area contributed by atoms with Gasteiger partial charge in [-0.15, -0.1) is 0 Å². The first-order valence-electron chi connectivity index (χ1n) is 10.3. The summed E-state index contributed by atoms with van der Waals surface area (Å²) in [5, 5.41) is 13.3. The molecule has 2 aromatic heterocycles. The molecule has 14 heteroatoms. The van der Waals surface area contributed by atoms with E-state index in [9.17, 15) is 27.5 Å². The Morgan fingerprint density at radius 2 is 2.06 bits per heavy atom. The Labute approximate surface area is 194 Å². The van der Waals surface area contributed by atoms with Crippen molar-refractivity contribution in [3.63, 3.8) is 0 Å². The molecule has 4 rings (SSSR count). The molecule has 2 fully saturated rings. The molecule has 0 bridgehead atoms. The second kappa shape index (κ2) is 9.27. The molecule has 34 heavy (non-hydrogen) atoms. The Hall–Kier alpha value is -3.10. The van der Waals surface area contributed by atoms with Crippen LogP contribution >= 0.6 is 0 Å². The molecule has 2 aliphatic rings. The molecule has 1 saturated heterocycles. The van der Waals surface area contributed by atoms with Gasteiger partial charge in [-0.05, 0) is 18.9 Å². The largest absolute Gasteiger partial charge is 0.477 e. The van der Waals surface area contributed by atoms with E-state index in [1.54, 1.807) is 9.47 Å². The Balaban J connectivity index is 0.000000588. The highest BCUT2D eigenvalue weighted by atomic mass is 32.2. The summed E-state index contributed by atoms with van der Waals surface area (Å²) in [5.41, 5.74) is 5.26. The third-order valence-electron chi connectivity index (χ3n) is 5.64. The van der Waals surface area contributed by atoms with Gasteiger partial charge in [0.1, 0.15) is 18.3 Å². The maximum Gasteiger partial charge on any atom is 0.341 e. The summed E-state index contributed by atoms with van der Waals surface area (Å²) >= 11 is 0. The van der Waals surface area contributed by atoms with Crippen molar-refractivity contribution in [2.45, 2.75) is 25.8 Å². The van der Waals surface area contributed by atoms with Gasteiger partial charge in [0.25, 0.3) is 10.1 Å². The molecule has 0 unspecified atom stereocenters. The summed E-state index contributed by atoms with van der Waals surface area (Å²) < 4.78 is 42.5. The van der Waals surface area contributed by atoms with Crippen LogP contribution in [0.5, 0.6) is 0 Å². The van der Waals surface area contributed by atoms with Crippen LogP contribution in [0.3, 0.4) is 0 Å². The van der Waals surface area contributed by atoms with Crippen LogP contribution in [0.25, 0.3) is 11.0 Å². The van der Waals surface area contributed by atoms with E-state index in [-0.39, 0.29) is 35.0 Å². The lowest BCUT2D eigenvalue weighted by atomic mass is 9.88. The number of aromatic carboxylic acids is 1. The molecule has 0 radical (unpaired) electrons. The minimum Gasteiger partial charge on any atom is -0.477 e. The van der Waals surface area contributed by atoms with Crippen molar-refractivity contribution in [3.05, 3.63) is 33.9 Å². The Kier molecular flexibility index (Phi) is 6.96.